The van der Waals surface area contributed by atoms with Gasteiger partial charge in [-0.2, -0.15) is 0 Å². The zero-order valence-electron chi connectivity index (χ0n) is 14.1. The molecular formula is C19H19Cl2N3O2. The Labute approximate surface area is 162 Å². The van der Waals surface area contributed by atoms with Crippen molar-refractivity contribution in [3.63, 3.8) is 0 Å². The first-order chi connectivity index (χ1) is 12.5. The van der Waals surface area contributed by atoms with Crippen molar-refractivity contribution in [1.82, 2.24) is 15.2 Å². The van der Waals surface area contributed by atoms with E-state index in [2.05, 4.69) is 10.3 Å². The topological polar surface area (TPSA) is 62.3 Å². The molecule has 136 valence electrons. The summed E-state index contributed by atoms with van der Waals surface area (Å²) in [5.74, 6) is 0.216. The van der Waals surface area contributed by atoms with Crippen LogP contribution in [0.2, 0.25) is 10.0 Å². The first-order valence-electron chi connectivity index (χ1n) is 8.47. The number of piperidine rings is 1. The summed E-state index contributed by atoms with van der Waals surface area (Å²) < 4.78 is 0. The first kappa shape index (κ1) is 18.7. The number of halogens is 2. The number of aromatic nitrogens is 1. The Bertz CT molecular complexity index is 791. The summed E-state index contributed by atoms with van der Waals surface area (Å²) in [6.07, 6.45) is 4.97. The summed E-state index contributed by atoms with van der Waals surface area (Å²) >= 11 is 11.8. The summed E-state index contributed by atoms with van der Waals surface area (Å²) in [6, 6.07) is 8.29. The molecule has 3 rings (SSSR count). The van der Waals surface area contributed by atoms with Gasteiger partial charge in [0.05, 0.1) is 10.0 Å². The van der Waals surface area contributed by atoms with E-state index in [1.165, 1.54) is 0 Å². The van der Waals surface area contributed by atoms with E-state index in [4.69, 9.17) is 23.2 Å². The molecule has 0 aliphatic carbocycles. The molecule has 1 aromatic heterocycles. The lowest BCUT2D eigenvalue weighted by atomic mass is 9.96. The standard InChI is InChI=1S/C19H19Cl2N3O2/c20-16-2-1-15(11-17(16)21)18(25)23-12-13-5-9-24(10-6-13)19(26)14-3-7-22-8-4-14/h1-4,7-8,11,13H,5-6,9-10,12H2,(H,23,25). The van der Waals surface area contributed by atoms with Gasteiger partial charge in [0, 0.05) is 43.2 Å². The second-order valence-corrected chi connectivity index (χ2v) is 7.12. The lowest BCUT2D eigenvalue weighted by molar-refractivity contribution is 0.0684. The predicted octanol–water partition coefficient (Wildman–Crippen LogP) is 3.67. The molecule has 5 nitrogen and oxygen atoms in total. The number of rotatable bonds is 4. The molecule has 1 aliphatic rings. The van der Waals surface area contributed by atoms with Gasteiger partial charge >= 0.3 is 0 Å². The number of carbonyl (C=O) groups is 2. The summed E-state index contributed by atoms with van der Waals surface area (Å²) in [7, 11) is 0. The Morgan fingerprint density at radius 1 is 1.04 bits per heavy atom. The highest BCUT2D eigenvalue weighted by atomic mass is 35.5. The van der Waals surface area contributed by atoms with E-state index in [9.17, 15) is 9.59 Å². The van der Waals surface area contributed by atoms with Gasteiger partial charge in [0.1, 0.15) is 0 Å². The summed E-state index contributed by atoms with van der Waals surface area (Å²) in [5, 5.41) is 3.73. The molecule has 7 heteroatoms. The molecule has 0 atom stereocenters. The van der Waals surface area contributed by atoms with Gasteiger partial charge in [-0.25, -0.2) is 0 Å². The Hall–Kier alpha value is -2.11. The van der Waals surface area contributed by atoms with Gasteiger partial charge in [-0.3, -0.25) is 14.6 Å². The van der Waals surface area contributed by atoms with Crippen LogP contribution in [-0.4, -0.2) is 41.3 Å². The Morgan fingerprint density at radius 3 is 2.38 bits per heavy atom. The molecule has 2 heterocycles. The number of pyridine rings is 1. The third-order valence-electron chi connectivity index (χ3n) is 4.56. The van der Waals surface area contributed by atoms with E-state index < -0.39 is 0 Å². The minimum atomic E-state index is -0.168. The van der Waals surface area contributed by atoms with Crippen LogP contribution in [0.15, 0.2) is 42.7 Å². The number of amides is 2. The van der Waals surface area contributed by atoms with Crippen molar-refractivity contribution in [2.75, 3.05) is 19.6 Å². The summed E-state index contributed by atoms with van der Waals surface area (Å²) in [4.78, 5) is 30.4. The van der Waals surface area contributed by atoms with Crippen molar-refractivity contribution in [1.29, 1.82) is 0 Å². The van der Waals surface area contributed by atoms with Crippen molar-refractivity contribution < 1.29 is 9.59 Å². The number of carbonyl (C=O) groups excluding carboxylic acids is 2. The molecule has 2 aromatic rings. The van der Waals surface area contributed by atoms with Crippen molar-refractivity contribution in [3.8, 4) is 0 Å². The summed E-state index contributed by atoms with van der Waals surface area (Å²) in [6.45, 7) is 1.96. The van der Waals surface area contributed by atoms with Gasteiger partial charge < -0.3 is 10.2 Å². The van der Waals surface area contributed by atoms with E-state index in [1.54, 1.807) is 42.7 Å². The number of nitrogens with zero attached hydrogens (tertiary/aromatic N) is 2. The first-order valence-corrected chi connectivity index (χ1v) is 9.22. The number of benzene rings is 1. The van der Waals surface area contributed by atoms with Crippen molar-refractivity contribution >= 4 is 35.0 Å². The Kier molecular flexibility index (Phi) is 6.12. The average molecular weight is 392 g/mol. The molecule has 0 radical (unpaired) electrons. The largest absolute Gasteiger partial charge is 0.352 e. The van der Waals surface area contributed by atoms with E-state index in [1.807, 2.05) is 4.90 Å². The van der Waals surface area contributed by atoms with Crippen LogP contribution in [0.5, 0.6) is 0 Å². The van der Waals surface area contributed by atoms with Gasteiger partial charge in [-0.15, -0.1) is 0 Å². The lowest BCUT2D eigenvalue weighted by Gasteiger charge is -2.32. The number of nitrogens with one attached hydrogen (secondary N) is 1. The molecule has 1 N–H and O–H groups in total. The van der Waals surface area contributed by atoms with E-state index in [-0.39, 0.29) is 11.8 Å². The third kappa shape index (κ3) is 4.54. The molecule has 2 amide bonds. The normalized spacial score (nSPS) is 14.9. The maximum atomic E-state index is 12.4. The van der Waals surface area contributed by atoms with Crippen LogP contribution in [-0.2, 0) is 0 Å². The number of hydrogen-bond acceptors (Lipinski definition) is 3. The van der Waals surface area contributed by atoms with E-state index >= 15 is 0 Å². The predicted molar refractivity (Wildman–Crippen MR) is 102 cm³/mol. The van der Waals surface area contributed by atoms with Gasteiger partial charge in [0.2, 0.25) is 0 Å². The zero-order valence-corrected chi connectivity index (χ0v) is 15.6. The molecule has 1 aromatic carbocycles. The van der Waals surface area contributed by atoms with Crippen molar-refractivity contribution in [2.45, 2.75) is 12.8 Å². The van der Waals surface area contributed by atoms with E-state index in [0.29, 0.717) is 46.7 Å². The van der Waals surface area contributed by atoms with Gasteiger partial charge in [-0.1, -0.05) is 23.2 Å². The number of likely N-dealkylation sites (tertiary alicyclic amines) is 1. The maximum absolute atomic E-state index is 12.4. The fourth-order valence-electron chi connectivity index (χ4n) is 2.99. The fraction of sp³-hybridized carbons (Fsp3) is 0.316. The van der Waals surface area contributed by atoms with Crippen molar-refractivity contribution in [3.05, 3.63) is 63.9 Å². The third-order valence-corrected chi connectivity index (χ3v) is 5.30. The van der Waals surface area contributed by atoms with Crippen LogP contribution in [0.25, 0.3) is 0 Å². The second kappa shape index (κ2) is 8.52. The highest BCUT2D eigenvalue weighted by molar-refractivity contribution is 6.42. The van der Waals surface area contributed by atoms with Crippen molar-refractivity contribution in [2.24, 2.45) is 5.92 Å². The molecule has 0 spiro atoms. The zero-order chi connectivity index (χ0) is 18.5. The van der Waals surface area contributed by atoms with Crippen LogP contribution in [0, 0.1) is 5.92 Å². The number of hydrogen-bond donors (Lipinski definition) is 1. The smallest absolute Gasteiger partial charge is 0.253 e. The molecule has 26 heavy (non-hydrogen) atoms. The average Bonchev–Trinajstić information content (AvgIpc) is 2.68. The van der Waals surface area contributed by atoms with Gasteiger partial charge in [0.25, 0.3) is 11.8 Å². The van der Waals surface area contributed by atoms with Crippen LogP contribution in [0.4, 0.5) is 0 Å². The molecule has 1 fully saturated rings. The van der Waals surface area contributed by atoms with Crippen LogP contribution in [0.1, 0.15) is 33.6 Å². The second-order valence-electron chi connectivity index (χ2n) is 6.31. The molecule has 1 aliphatic heterocycles. The van der Waals surface area contributed by atoms with Crippen LogP contribution >= 0.6 is 23.2 Å². The quantitative estimate of drug-likeness (QED) is 0.864. The highest BCUT2D eigenvalue weighted by Crippen LogP contribution is 2.23. The molecule has 0 unspecified atom stereocenters. The Balaban J connectivity index is 1.47. The molecule has 0 bridgehead atoms. The molecular weight excluding hydrogens is 373 g/mol. The van der Waals surface area contributed by atoms with Crippen LogP contribution < -0.4 is 5.32 Å². The maximum Gasteiger partial charge on any atom is 0.253 e. The minimum absolute atomic E-state index is 0.0330. The monoisotopic (exact) mass is 391 g/mol. The molecule has 0 saturated carbocycles. The fourth-order valence-corrected chi connectivity index (χ4v) is 3.29. The SMILES string of the molecule is O=C(NCC1CCN(C(=O)c2ccncc2)CC1)c1ccc(Cl)c(Cl)c1. The van der Waals surface area contributed by atoms with Gasteiger partial charge in [0.15, 0.2) is 0 Å². The van der Waals surface area contributed by atoms with E-state index in [0.717, 1.165) is 12.8 Å². The highest BCUT2D eigenvalue weighted by Gasteiger charge is 2.24. The molecule has 1 saturated heterocycles. The van der Waals surface area contributed by atoms with Gasteiger partial charge in [-0.05, 0) is 49.1 Å². The lowest BCUT2D eigenvalue weighted by Crippen LogP contribution is -2.41. The summed E-state index contributed by atoms with van der Waals surface area (Å²) in [5.41, 5.74) is 1.15. The van der Waals surface area contributed by atoms with Crippen LogP contribution in [0.3, 0.4) is 0 Å². The minimum Gasteiger partial charge on any atom is -0.352 e. The Morgan fingerprint density at radius 2 is 1.73 bits per heavy atom.